The first-order valence-corrected chi connectivity index (χ1v) is 6.34. The summed E-state index contributed by atoms with van der Waals surface area (Å²) in [5.74, 6) is -0.878. The fourth-order valence-electron chi connectivity index (χ4n) is 2.06. The highest BCUT2D eigenvalue weighted by molar-refractivity contribution is 5.85. The van der Waals surface area contributed by atoms with Gasteiger partial charge >= 0.3 is 5.97 Å². The summed E-state index contributed by atoms with van der Waals surface area (Å²) in [6.07, 6.45) is 0.865. The van der Waals surface area contributed by atoms with Gasteiger partial charge in [0, 0.05) is 5.69 Å². The summed E-state index contributed by atoms with van der Waals surface area (Å²) in [4.78, 5) is 11.4. The minimum absolute atomic E-state index is 0. The molecule has 0 spiro atoms. The van der Waals surface area contributed by atoms with Crippen molar-refractivity contribution < 1.29 is 9.90 Å². The van der Waals surface area contributed by atoms with Crippen molar-refractivity contribution >= 4 is 24.1 Å². The van der Waals surface area contributed by atoms with Crippen molar-refractivity contribution in [3.05, 3.63) is 65.7 Å². The van der Waals surface area contributed by atoms with Gasteiger partial charge < -0.3 is 10.4 Å². The molecule has 0 aliphatic carbocycles. The quantitative estimate of drug-likeness (QED) is 0.878. The maximum absolute atomic E-state index is 11.4. The maximum Gasteiger partial charge on any atom is 0.330 e. The van der Waals surface area contributed by atoms with Crippen LogP contribution in [-0.2, 0) is 11.2 Å². The predicted octanol–water partition coefficient (Wildman–Crippen LogP) is 3.91. The molecule has 0 bridgehead atoms. The van der Waals surface area contributed by atoms with Gasteiger partial charge in [-0.15, -0.1) is 12.4 Å². The van der Waals surface area contributed by atoms with Crippen LogP contribution in [0.5, 0.6) is 0 Å². The third kappa shape index (κ3) is 3.75. The van der Waals surface area contributed by atoms with Crippen molar-refractivity contribution in [3.63, 3.8) is 0 Å². The SMILES string of the molecule is CCc1ccccc1NC(C(=O)O)c1ccccc1.Cl. The van der Waals surface area contributed by atoms with Gasteiger partial charge in [0.25, 0.3) is 0 Å². The van der Waals surface area contributed by atoms with E-state index in [9.17, 15) is 9.90 Å². The van der Waals surface area contributed by atoms with Gasteiger partial charge in [-0.05, 0) is 23.6 Å². The third-order valence-corrected chi connectivity index (χ3v) is 3.08. The Labute approximate surface area is 125 Å². The molecule has 2 aromatic rings. The zero-order chi connectivity index (χ0) is 13.7. The molecular formula is C16H18ClNO2. The smallest absolute Gasteiger partial charge is 0.330 e. The number of carbonyl (C=O) groups is 1. The van der Waals surface area contributed by atoms with Crippen molar-refractivity contribution in [1.29, 1.82) is 0 Å². The van der Waals surface area contributed by atoms with E-state index in [4.69, 9.17) is 0 Å². The first kappa shape index (κ1) is 16.1. The number of para-hydroxylation sites is 1. The lowest BCUT2D eigenvalue weighted by molar-refractivity contribution is -0.138. The van der Waals surface area contributed by atoms with Crippen LogP contribution in [0.2, 0.25) is 0 Å². The molecule has 0 saturated carbocycles. The van der Waals surface area contributed by atoms with Crippen LogP contribution in [0.25, 0.3) is 0 Å². The predicted molar refractivity (Wildman–Crippen MR) is 83.5 cm³/mol. The van der Waals surface area contributed by atoms with E-state index in [1.54, 1.807) is 0 Å². The van der Waals surface area contributed by atoms with Crippen LogP contribution in [0.1, 0.15) is 24.1 Å². The standard InChI is InChI=1S/C16H17NO2.ClH/c1-2-12-8-6-7-11-14(12)17-15(16(18)19)13-9-4-3-5-10-13;/h3-11,15,17H,2H2,1H3,(H,18,19);1H. The first-order valence-electron chi connectivity index (χ1n) is 6.34. The Bertz CT molecular complexity index is 557. The second kappa shape index (κ2) is 7.56. The van der Waals surface area contributed by atoms with Gasteiger partial charge in [-0.2, -0.15) is 0 Å². The maximum atomic E-state index is 11.4. The summed E-state index contributed by atoms with van der Waals surface area (Å²) in [7, 11) is 0. The number of carboxylic acid groups (broad SMARTS) is 1. The molecule has 3 nitrogen and oxygen atoms in total. The van der Waals surface area contributed by atoms with Gasteiger partial charge in [-0.1, -0.05) is 55.5 Å². The number of anilines is 1. The summed E-state index contributed by atoms with van der Waals surface area (Å²) in [5, 5.41) is 12.5. The first-order chi connectivity index (χ1) is 9.22. The molecule has 2 N–H and O–H groups in total. The van der Waals surface area contributed by atoms with Gasteiger partial charge in [0.15, 0.2) is 6.04 Å². The molecule has 4 heteroatoms. The average molecular weight is 292 g/mol. The number of rotatable bonds is 5. The van der Waals surface area contributed by atoms with Gasteiger partial charge in [0.05, 0.1) is 0 Å². The lowest BCUT2D eigenvalue weighted by Crippen LogP contribution is -2.21. The van der Waals surface area contributed by atoms with E-state index in [1.165, 1.54) is 0 Å². The van der Waals surface area contributed by atoms with Crippen LogP contribution in [0, 0.1) is 0 Å². The summed E-state index contributed by atoms with van der Waals surface area (Å²) in [6, 6.07) is 16.3. The monoisotopic (exact) mass is 291 g/mol. The third-order valence-electron chi connectivity index (χ3n) is 3.08. The lowest BCUT2D eigenvalue weighted by Gasteiger charge is -2.18. The zero-order valence-electron chi connectivity index (χ0n) is 11.2. The van der Waals surface area contributed by atoms with Crippen LogP contribution in [0.4, 0.5) is 5.69 Å². The Morgan fingerprint density at radius 1 is 1.10 bits per heavy atom. The summed E-state index contributed by atoms with van der Waals surface area (Å²) in [6.45, 7) is 2.05. The number of aryl methyl sites for hydroxylation is 1. The fraction of sp³-hybridized carbons (Fsp3) is 0.188. The van der Waals surface area contributed by atoms with Gasteiger partial charge in [0.2, 0.25) is 0 Å². The van der Waals surface area contributed by atoms with Gasteiger partial charge in [-0.3, -0.25) is 0 Å². The molecule has 0 aliphatic rings. The van der Waals surface area contributed by atoms with Crippen molar-refractivity contribution in [2.24, 2.45) is 0 Å². The molecule has 106 valence electrons. The van der Waals surface area contributed by atoms with Gasteiger partial charge in [0.1, 0.15) is 0 Å². The minimum Gasteiger partial charge on any atom is -0.479 e. The average Bonchev–Trinajstić information content (AvgIpc) is 2.45. The second-order valence-corrected chi connectivity index (χ2v) is 4.34. The molecule has 0 fully saturated rings. The van der Waals surface area contributed by atoms with Crippen molar-refractivity contribution in [1.82, 2.24) is 0 Å². The number of carboxylic acids is 1. The van der Waals surface area contributed by atoms with E-state index in [1.807, 2.05) is 54.6 Å². The van der Waals surface area contributed by atoms with E-state index < -0.39 is 12.0 Å². The molecule has 2 aromatic carbocycles. The lowest BCUT2D eigenvalue weighted by atomic mass is 10.0. The highest BCUT2D eigenvalue weighted by Gasteiger charge is 2.19. The molecule has 0 amide bonds. The van der Waals surface area contributed by atoms with Crippen LogP contribution >= 0.6 is 12.4 Å². The van der Waals surface area contributed by atoms with E-state index in [-0.39, 0.29) is 12.4 Å². The summed E-state index contributed by atoms with van der Waals surface area (Å²) in [5.41, 5.74) is 2.74. The molecule has 0 aromatic heterocycles. The Hall–Kier alpha value is -2.00. The molecule has 1 unspecified atom stereocenters. The Morgan fingerprint density at radius 3 is 2.30 bits per heavy atom. The number of aliphatic carboxylic acids is 1. The molecule has 0 aliphatic heterocycles. The van der Waals surface area contributed by atoms with Crippen molar-refractivity contribution in [2.45, 2.75) is 19.4 Å². The Balaban J connectivity index is 0.00000200. The fourth-order valence-corrected chi connectivity index (χ4v) is 2.06. The topological polar surface area (TPSA) is 49.3 Å². The highest BCUT2D eigenvalue weighted by Crippen LogP contribution is 2.23. The van der Waals surface area contributed by atoms with Crippen molar-refractivity contribution in [3.8, 4) is 0 Å². The minimum atomic E-state index is -0.878. The van der Waals surface area contributed by atoms with E-state index in [0.717, 1.165) is 23.2 Å². The van der Waals surface area contributed by atoms with E-state index in [0.29, 0.717) is 0 Å². The Kier molecular flexibility index (Phi) is 6.07. The molecular weight excluding hydrogens is 274 g/mol. The van der Waals surface area contributed by atoms with Crippen LogP contribution < -0.4 is 5.32 Å². The van der Waals surface area contributed by atoms with Crippen LogP contribution in [0.3, 0.4) is 0 Å². The molecule has 1 atom stereocenters. The second-order valence-electron chi connectivity index (χ2n) is 4.34. The number of nitrogens with one attached hydrogen (secondary N) is 1. The number of hydrogen-bond donors (Lipinski definition) is 2. The molecule has 0 radical (unpaired) electrons. The number of benzene rings is 2. The van der Waals surface area contributed by atoms with Gasteiger partial charge in [-0.25, -0.2) is 4.79 Å². The van der Waals surface area contributed by atoms with Crippen LogP contribution in [0.15, 0.2) is 54.6 Å². The summed E-state index contributed by atoms with van der Waals surface area (Å²) >= 11 is 0. The van der Waals surface area contributed by atoms with Crippen LogP contribution in [-0.4, -0.2) is 11.1 Å². The highest BCUT2D eigenvalue weighted by atomic mass is 35.5. The Morgan fingerprint density at radius 2 is 1.70 bits per heavy atom. The molecule has 20 heavy (non-hydrogen) atoms. The molecule has 2 rings (SSSR count). The normalized spacial score (nSPS) is 11.2. The largest absolute Gasteiger partial charge is 0.479 e. The molecule has 0 heterocycles. The summed E-state index contributed by atoms with van der Waals surface area (Å²) < 4.78 is 0. The number of halogens is 1. The van der Waals surface area contributed by atoms with Crippen molar-refractivity contribution in [2.75, 3.05) is 5.32 Å². The van der Waals surface area contributed by atoms with E-state index in [2.05, 4.69) is 12.2 Å². The zero-order valence-corrected chi connectivity index (χ0v) is 12.1. The van der Waals surface area contributed by atoms with E-state index >= 15 is 0 Å². The molecule has 0 saturated heterocycles. The number of hydrogen-bond acceptors (Lipinski definition) is 2.